The monoisotopic (exact) mass is 132 g/mol. The van der Waals surface area contributed by atoms with Gasteiger partial charge in [0.15, 0.2) is 6.07 Å². The van der Waals surface area contributed by atoms with E-state index < -0.39 is 0 Å². The number of hydrogen-bond donors (Lipinski definition) is 2. The summed E-state index contributed by atoms with van der Waals surface area (Å²) >= 11 is 0. The number of nitriles is 1. The predicted molar refractivity (Wildman–Crippen MR) is 35.5 cm³/mol. The summed E-state index contributed by atoms with van der Waals surface area (Å²) in [6.45, 7) is 0. The molecule has 0 aliphatic heterocycles. The van der Waals surface area contributed by atoms with Crippen molar-refractivity contribution in [1.29, 1.82) is 5.26 Å². The van der Waals surface area contributed by atoms with Gasteiger partial charge in [-0.1, -0.05) is 0 Å². The summed E-state index contributed by atoms with van der Waals surface area (Å²) in [6, 6.07) is 1.67. The Balaban J connectivity index is 2.97. The molecule has 4 heteroatoms. The molecule has 0 radical (unpaired) electrons. The third kappa shape index (κ3) is 1.07. The number of anilines is 1. The van der Waals surface area contributed by atoms with Gasteiger partial charge in [-0.3, -0.25) is 5.10 Å². The second-order valence-electron chi connectivity index (χ2n) is 1.56. The zero-order chi connectivity index (χ0) is 7.40. The highest BCUT2D eigenvalue weighted by molar-refractivity contribution is 5.50. The lowest BCUT2D eigenvalue weighted by Gasteiger charge is -1.80. The van der Waals surface area contributed by atoms with Gasteiger partial charge in [0.05, 0.1) is 11.8 Å². The molecular formula is C6H4N4. The lowest BCUT2D eigenvalue weighted by atomic mass is 10.3. The first-order chi connectivity index (χ1) is 4.84. The first kappa shape index (κ1) is 6.18. The highest BCUT2D eigenvalue weighted by atomic mass is 15.1. The van der Waals surface area contributed by atoms with Crippen LogP contribution >= 0.6 is 0 Å². The van der Waals surface area contributed by atoms with Crippen LogP contribution in [0, 0.1) is 23.2 Å². The smallest absolute Gasteiger partial charge is 0.152 e. The molecule has 1 aromatic heterocycles. The van der Waals surface area contributed by atoms with Gasteiger partial charge in [-0.2, -0.15) is 10.4 Å². The van der Waals surface area contributed by atoms with E-state index in [0.717, 1.165) is 0 Å². The molecule has 0 aromatic carbocycles. The number of aromatic nitrogens is 2. The van der Waals surface area contributed by atoms with Crippen LogP contribution in [0.15, 0.2) is 6.20 Å². The molecule has 1 aromatic rings. The average molecular weight is 132 g/mol. The molecule has 0 bridgehead atoms. The van der Waals surface area contributed by atoms with Crippen LogP contribution < -0.4 is 5.73 Å². The Hall–Kier alpha value is -1.94. The van der Waals surface area contributed by atoms with E-state index in [1.54, 1.807) is 6.07 Å². The molecule has 0 spiro atoms. The molecule has 1 rings (SSSR count). The van der Waals surface area contributed by atoms with Crippen LogP contribution in [0.4, 0.5) is 5.82 Å². The number of hydrogen-bond acceptors (Lipinski definition) is 3. The maximum atomic E-state index is 8.06. The lowest BCUT2D eigenvalue weighted by molar-refractivity contribution is 1.10. The van der Waals surface area contributed by atoms with Crippen LogP contribution in [0.3, 0.4) is 0 Å². The zero-order valence-corrected chi connectivity index (χ0v) is 5.05. The minimum absolute atomic E-state index is 0.391. The van der Waals surface area contributed by atoms with Gasteiger partial charge in [0.2, 0.25) is 0 Å². The van der Waals surface area contributed by atoms with Crippen molar-refractivity contribution in [2.24, 2.45) is 0 Å². The Morgan fingerprint density at radius 2 is 2.50 bits per heavy atom. The number of nitrogens with two attached hydrogens (primary N) is 1. The molecule has 3 N–H and O–H groups in total. The van der Waals surface area contributed by atoms with Crippen molar-refractivity contribution in [1.82, 2.24) is 10.2 Å². The van der Waals surface area contributed by atoms with Gasteiger partial charge in [-0.25, -0.2) is 0 Å². The first-order valence-electron chi connectivity index (χ1n) is 2.53. The molecule has 0 saturated heterocycles. The number of rotatable bonds is 0. The normalized spacial score (nSPS) is 7.50. The highest BCUT2D eigenvalue weighted by Crippen LogP contribution is 2.01. The summed E-state index contributed by atoms with van der Waals surface area (Å²) in [5, 5.41) is 14.2. The number of H-pyrrole nitrogens is 1. The topological polar surface area (TPSA) is 78.5 Å². The fourth-order valence-corrected chi connectivity index (χ4v) is 0.491. The standard InChI is InChI=1S/C6H4N4/c7-3-1-2-5-4-9-10-6(5)8/h4H,(H3,8,9,10). The van der Waals surface area contributed by atoms with E-state index in [1.807, 2.05) is 0 Å². The van der Waals surface area contributed by atoms with Crippen LogP contribution in [0.1, 0.15) is 5.56 Å². The van der Waals surface area contributed by atoms with Crippen LogP contribution in [0.2, 0.25) is 0 Å². The molecule has 10 heavy (non-hydrogen) atoms. The SMILES string of the molecule is N#CC#Cc1cn[nH]c1N. The molecule has 0 atom stereocenters. The van der Waals surface area contributed by atoms with Crippen molar-refractivity contribution >= 4 is 5.82 Å². The van der Waals surface area contributed by atoms with E-state index >= 15 is 0 Å². The third-order valence-electron chi connectivity index (χ3n) is 0.922. The van der Waals surface area contributed by atoms with Gasteiger partial charge in [0.25, 0.3) is 0 Å². The van der Waals surface area contributed by atoms with Gasteiger partial charge in [0, 0.05) is 5.92 Å². The molecule has 48 valence electrons. The molecule has 0 unspecified atom stereocenters. The van der Waals surface area contributed by atoms with Crippen molar-refractivity contribution in [2.45, 2.75) is 0 Å². The van der Waals surface area contributed by atoms with Crippen LogP contribution in [-0.2, 0) is 0 Å². The fourth-order valence-electron chi connectivity index (χ4n) is 0.491. The van der Waals surface area contributed by atoms with E-state index in [2.05, 4.69) is 22.0 Å². The van der Waals surface area contributed by atoms with Crippen molar-refractivity contribution in [3.8, 4) is 17.9 Å². The number of nitrogen functional groups attached to an aromatic ring is 1. The summed E-state index contributed by atoms with van der Waals surface area (Å²) in [7, 11) is 0. The maximum Gasteiger partial charge on any atom is 0.152 e. The maximum absolute atomic E-state index is 8.06. The van der Waals surface area contributed by atoms with Gasteiger partial charge < -0.3 is 5.73 Å². The number of nitrogens with zero attached hydrogens (tertiary/aromatic N) is 2. The van der Waals surface area contributed by atoms with E-state index in [9.17, 15) is 0 Å². The van der Waals surface area contributed by atoms with Gasteiger partial charge in [0.1, 0.15) is 5.82 Å². The molecule has 0 amide bonds. The second kappa shape index (κ2) is 2.56. The molecule has 1 heterocycles. The molecule has 0 fully saturated rings. The van der Waals surface area contributed by atoms with Crippen molar-refractivity contribution in [3.05, 3.63) is 11.8 Å². The first-order valence-corrected chi connectivity index (χ1v) is 2.53. The second-order valence-corrected chi connectivity index (χ2v) is 1.56. The van der Waals surface area contributed by atoms with Crippen molar-refractivity contribution in [3.63, 3.8) is 0 Å². The molecule has 0 aliphatic rings. The molecule has 0 saturated carbocycles. The molecule has 4 nitrogen and oxygen atoms in total. The largest absolute Gasteiger partial charge is 0.383 e. The summed E-state index contributed by atoms with van der Waals surface area (Å²) in [5.74, 6) is 5.11. The van der Waals surface area contributed by atoms with Gasteiger partial charge >= 0.3 is 0 Å². The number of aromatic amines is 1. The Morgan fingerprint density at radius 1 is 1.70 bits per heavy atom. The molecular weight excluding hydrogens is 128 g/mol. The molecule has 0 aliphatic carbocycles. The third-order valence-corrected chi connectivity index (χ3v) is 0.922. The van der Waals surface area contributed by atoms with Crippen molar-refractivity contribution < 1.29 is 0 Å². The van der Waals surface area contributed by atoms with Gasteiger partial charge in [-0.05, 0) is 5.92 Å². The van der Waals surface area contributed by atoms with Crippen LogP contribution in [0.5, 0.6) is 0 Å². The highest BCUT2D eigenvalue weighted by Gasteiger charge is 1.93. The lowest BCUT2D eigenvalue weighted by Crippen LogP contribution is -1.86. The summed E-state index contributed by atoms with van der Waals surface area (Å²) in [5.41, 5.74) is 5.91. The number of nitrogens with one attached hydrogen (secondary N) is 1. The predicted octanol–water partition coefficient (Wildman–Crippen LogP) is -0.133. The quantitative estimate of drug-likeness (QED) is 0.482. The minimum atomic E-state index is 0.391. The Morgan fingerprint density at radius 3 is 3.00 bits per heavy atom. The zero-order valence-electron chi connectivity index (χ0n) is 5.05. The average Bonchev–Trinajstić information content (AvgIpc) is 2.31. The van der Waals surface area contributed by atoms with E-state index in [4.69, 9.17) is 11.0 Å². The van der Waals surface area contributed by atoms with Crippen LogP contribution in [-0.4, -0.2) is 10.2 Å². The van der Waals surface area contributed by atoms with Gasteiger partial charge in [-0.15, -0.1) is 0 Å². The summed E-state index contributed by atoms with van der Waals surface area (Å²) < 4.78 is 0. The summed E-state index contributed by atoms with van der Waals surface area (Å²) in [4.78, 5) is 0. The van der Waals surface area contributed by atoms with E-state index in [-0.39, 0.29) is 0 Å². The fraction of sp³-hybridized carbons (Fsp3) is 0. The van der Waals surface area contributed by atoms with Crippen molar-refractivity contribution in [2.75, 3.05) is 5.73 Å². The van der Waals surface area contributed by atoms with Crippen LogP contribution in [0.25, 0.3) is 0 Å². The Kier molecular flexibility index (Phi) is 1.58. The van der Waals surface area contributed by atoms with E-state index in [0.29, 0.717) is 11.4 Å². The summed E-state index contributed by atoms with van der Waals surface area (Å²) in [6.07, 6.45) is 1.47. The minimum Gasteiger partial charge on any atom is -0.383 e. The van der Waals surface area contributed by atoms with E-state index in [1.165, 1.54) is 6.20 Å². The Bertz CT molecular complexity index is 319. The Labute approximate surface area is 57.7 Å².